The molecule has 8 heteroatoms. The number of para-hydroxylation sites is 1. The minimum Gasteiger partial charge on any atom is -0.488 e. The van der Waals surface area contributed by atoms with E-state index in [-0.39, 0.29) is 18.5 Å². The summed E-state index contributed by atoms with van der Waals surface area (Å²) < 4.78 is 7.07. The van der Waals surface area contributed by atoms with Gasteiger partial charge in [-0.2, -0.15) is 0 Å². The normalized spacial score (nSPS) is 23.8. The Kier molecular flexibility index (Phi) is 4.67. The van der Waals surface area contributed by atoms with Gasteiger partial charge in [-0.25, -0.2) is 4.98 Å². The van der Waals surface area contributed by atoms with Crippen molar-refractivity contribution < 1.29 is 9.53 Å². The molecule has 1 aliphatic carbocycles. The molecule has 2 fully saturated rings. The van der Waals surface area contributed by atoms with Gasteiger partial charge in [0.15, 0.2) is 16.6 Å². The van der Waals surface area contributed by atoms with E-state index in [2.05, 4.69) is 10.3 Å². The molecule has 2 heterocycles. The highest BCUT2D eigenvalue weighted by molar-refractivity contribution is 7.22. The van der Waals surface area contributed by atoms with Crippen LogP contribution in [0.4, 0.5) is 5.13 Å². The summed E-state index contributed by atoms with van der Waals surface area (Å²) in [5, 5.41) is 11.7. The van der Waals surface area contributed by atoms with Crippen LogP contribution >= 0.6 is 11.3 Å². The highest BCUT2D eigenvalue weighted by atomic mass is 32.1. The van der Waals surface area contributed by atoms with E-state index in [0.29, 0.717) is 23.2 Å². The fourth-order valence-electron chi connectivity index (χ4n) is 4.22. The number of nitrogens with two attached hydrogens (primary N) is 1. The van der Waals surface area contributed by atoms with E-state index in [4.69, 9.17) is 15.9 Å². The third-order valence-corrected chi connectivity index (χ3v) is 6.49. The third kappa shape index (κ3) is 3.34. The van der Waals surface area contributed by atoms with Crippen LogP contribution < -0.4 is 15.8 Å². The number of aromatic nitrogens is 1. The summed E-state index contributed by atoms with van der Waals surface area (Å²) in [5.41, 5.74) is 5.67. The fraction of sp³-hybridized carbons (Fsp3) is 0.526. The molecular weight excluding hydrogens is 362 g/mol. The smallest absolute Gasteiger partial charge is 0.258 e. The second kappa shape index (κ2) is 6.99. The maximum atomic E-state index is 13.0. The monoisotopic (exact) mass is 387 g/mol. The Morgan fingerprint density at radius 2 is 2.19 bits per heavy atom. The van der Waals surface area contributed by atoms with Crippen LogP contribution in [0, 0.1) is 11.3 Å². The van der Waals surface area contributed by atoms with Gasteiger partial charge in [-0.15, -0.1) is 0 Å². The highest BCUT2D eigenvalue weighted by Crippen LogP contribution is 2.35. The molecule has 1 aromatic heterocycles. The summed E-state index contributed by atoms with van der Waals surface area (Å²) in [5.74, 6) is 1.14. The molecule has 1 saturated carbocycles. The van der Waals surface area contributed by atoms with Crippen molar-refractivity contribution in [3.05, 3.63) is 18.2 Å². The Labute approximate surface area is 162 Å². The summed E-state index contributed by atoms with van der Waals surface area (Å²) in [6.45, 7) is 0.172. The van der Waals surface area contributed by atoms with Gasteiger partial charge in [0.1, 0.15) is 17.9 Å². The van der Waals surface area contributed by atoms with Crippen LogP contribution in [0.15, 0.2) is 18.2 Å². The fourth-order valence-corrected chi connectivity index (χ4v) is 4.98. The lowest BCUT2D eigenvalue weighted by atomic mass is 9.79. The zero-order valence-electron chi connectivity index (χ0n) is 15.5. The van der Waals surface area contributed by atoms with Crippen molar-refractivity contribution >= 4 is 38.6 Å². The number of ether oxygens (including phenoxy) is 1. The van der Waals surface area contributed by atoms with Crippen LogP contribution in [-0.4, -0.2) is 40.9 Å². The molecule has 0 spiro atoms. The first kappa shape index (κ1) is 18.0. The number of benzene rings is 1. The first-order chi connectivity index (χ1) is 13.0. The number of amides is 1. The number of anilines is 1. The highest BCUT2D eigenvalue weighted by Gasteiger charge is 2.50. The van der Waals surface area contributed by atoms with Crippen LogP contribution in [0.25, 0.3) is 10.2 Å². The molecule has 1 unspecified atom stereocenters. The second-order valence-electron chi connectivity index (χ2n) is 7.57. The average Bonchev–Trinajstić information content (AvgIpc) is 3.14. The van der Waals surface area contributed by atoms with E-state index in [1.165, 1.54) is 35.5 Å². The van der Waals surface area contributed by atoms with Crippen LogP contribution in [0.5, 0.6) is 5.75 Å². The number of carbonyl (C=O) groups is 1. The number of carbonyl (C=O) groups excluding carboxylic acids is 1. The van der Waals surface area contributed by atoms with Crippen molar-refractivity contribution in [3.63, 3.8) is 0 Å². The predicted molar refractivity (Wildman–Crippen MR) is 107 cm³/mol. The zero-order chi connectivity index (χ0) is 19.0. The number of fused-ring (bicyclic) bond motifs is 1. The molecule has 4 N–H and O–H groups in total. The van der Waals surface area contributed by atoms with E-state index in [9.17, 15) is 4.79 Å². The first-order valence-electron chi connectivity index (χ1n) is 9.41. The van der Waals surface area contributed by atoms with Gasteiger partial charge < -0.3 is 15.8 Å². The van der Waals surface area contributed by atoms with Crippen LogP contribution in [0.3, 0.4) is 0 Å². The standard InChI is InChI=1S/C19H25N5O2S/c1-24-16(25)19(23-17(24)20,10-12-6-3-2-4-7-12)11-26-13-8-5-9-14-15(13)22-18(21)27-14/h5,8-9,12H,2-4,6-7,10-11H2,1H3,(H2,20,23)(H2,21,22). The summed E-state index contributed by atoms with van der Waals surface area (Å²) in [6.07, 6.45) is 6.64. The summed E-state index contributed by atoms with van der Waals surface area (Å²) in [7, 11) is 1.64. The van der Waals surface area contributed by atoms with Crippen LogP contribution in [0.2, 0.25) is 0 Å². The molecule has 144 valence electrons. The first-order valence-corrected chi connectivity index (χ1v) is 10.2. The SMILES string of the molecule is CN1C(=N)NC(COc2cccc3sc(N)nc23)(CC2CCCCC2)C1=O. The summed E-state index contributed by atoms with van der Waals surface area (Å²) >= 11 is 1.42. The molecule has 1 aromatic carbocycles. The van der Waals surface area contributed by atoms with Gasteiger partial charge in [-0.3, -0.25) is 15.1 Å². The number of hydrogen-bond acceptors (Lipinski definition) is 6. The number of likely N-dealkylation sites (N-methyl/N-ethyl adjacent to an activating group) is 1. The second-order valence-corrected chi connectivity index (χ2v) is 8.63. The van der Waals surface area contributed by atoms with Gasteiger partial charge in [-0.05, 0) is 24.5 Å². The number of hydrogen-bond donors (Lipinski definition) is 3. The van der Waals surface area contributed by atoms with E-state index in [0.717, 1.165) is 23.1 Å². The Morgan fingerprint density at radius 3 is 2.89 bits per heavy atom. The summed E-state index contributed by atoms with van der Waals surface area (Å²) in [6, 6.07) is 5.71. The van der Waals surface area contributed by atoms with Gasteiger partial charge in [0, 0.05) is 7.05 Å². The van der Waals surface area contributed by atoms with Crippen molar-refractivity contribution in [2.24, 2.45) is 5.92 Å². The predicted octanol–water partition coefficient (Wildman–Crippen LogP) is 2.96. The Bertz CT molecular complexity index is 876. The Balaban J connectivity index is 1.59. The molecule has 1 aliphatic heterocycles. The number of rotatable bonds is 5. The molecule has 2 aliphatic rings. The molecule has 4 rings (SSSR count). The van der Waals surface area contributed by atoms with Crippen molar-refractivity contribution in [2.75, 3.05) is 19.4 Å². The maximum Gasteiger partial charge on any atom is 0.258 e. The number of thiazole rings is 1. The molecule has 2 aromatic rings. The molecule has 0 radical (unpaired) electrons. The molecule has 1 atom stereocenters. The van der Waals surface area contributed by atoms with Gasteiger partial charge in [0.2, 0.25) is 0 Å². The molecule has 27 heavy (non-hydrogen) atoms. The number of nitrogens with zero attached hydrogens (tertiary/aromatic N) is 2. The lowest BCUT2D eigenvalue weighted by Crippen LogP contribution is -2.53. The van der Waals surface area contributed by atoms with Gasteiger partial charge >= 0.3 is 0 Å². The molecule has 0 bridgehead atoms. The molecule has 1 amide bonds. The molecular formula is C19H25N5O2S. The van der Waals surface area contributed by atoms with Crippen molar-refractivity contribution in [3.8, 4) is 5.75 Å². The number of guanidine groups is 1. The Morgan fingerprint density at radius 1 is 1.41 bits per heavy atom. The Hall–Kier alpha value is -2.35. The maximum absolute atomic E-state index is 13.0. The number of nitrogens with one attached hydrogen (secondary N) is 2. The van der Waals surface area contributed by atoms with E-state index < -0.39 is 5.54 Å². The van der Waals surface area contributed by atoms with E-state index in [1.807, 2.05) is 18.2 Å². The topological polar surface area (TPSA) is 104 Å². The van der Waals surface area contributed by atoms with E-state index >= 15 is 0 Å². The molecule has 7 nitrogen and oxygen atoms in total. The lowest BCUT2D eigenvalue weighted by molar-refractivity contribution is -0.132. The lowest BCUT2D eigenvalue weighted by Gasteiger charge is -2.32. The number of nitrogen functional groups attached to an aromatic ring is 1. The zero-order valence-corrected chi connectivity index (χ0v) is 16.3. The third-order valence-electron chi connectivity index (χ3n) is 5.64. The quantitative estimate of drug-likeness (QED) is 0.732. The van der Waals surface area contributed by atoms with Crippen molar-refractivity contribution in [1.29, 1.82) is 5.41 Å². The van der Waals surface area contributed by atoms with Crippen LogP contribution in [-0.2, 0) is 4.79 Å². The van der Waals surface area contributed by atoms with Crippen molar-refractivity contribution in [1.82, 2.24) is 15.2 Å². The van der Waals surface area contributed by atoms with Gasteiger partial charge in [0.25, 0.3) is 5.91 Å². The molecule has 1 saturated heterocycles. The van der Waals surface area contributed by atoms with Gasteiger partial charge in [0.05, 0.1) is 4.70 Å². The van der Waals surface area contributed by atoms with E-state index in [1.54, 1.807) is 7.05 Å². The summed E-state index contributed by atoms with van der Waals surface area (Å²) in [4.78, 5) is 18.8. The minimum atomic E-state index is -0.891. The van der Waals surface area contributed by atoms with Crippen LogP contribution in [0.1, 0.15) is 38.5 Å². The minimum absolute atomic E-state index is 0.0944. The largest absolute Gasteiger partial charge is 0.488 e. The van der Waals surface area contributed by atoms with Crippen molar-refractivity contribution in [2.45, 2.75) is 44.1 Å². The van der Waals surface area contributed by atoms with Gasteiger partial charge in [-0.1, -0.05) is 49.5 Å². The average molecular weight is 388 g/mol.